The van der Waals surface area contributed by atoms with Crippen molar-refractivity contribution in [2.24, 2.45) is 5.73 Å². The van der Waals surface area contributed by atoms with Crippen LogP contribution < -0.4 is 5.73 Å². The number of nitrogens with two attached hydrogens (primary N) is 1. The van der Waals surface area contributed by atoms with Gasteiger partial charge in [0.2, 0.25) is 0 Å². The van der Waals surface area contributed by atoms with Crippen molar-refractivity contribution in [1.82, 2.24) is 9.97 Å². The van der Waals surface area contributed by atoms with Gasteiger partial charge >= 0.3 is 6.18 Å². The van der Waals surface area contributed by atoms with Crippen LogP contribution in [-0.2, 0) is 12.7 Å². The Morgan fingerprint density at radius 1 is 1.20 bits per heavy atom. The average molecular weight is 364 g/mol. The third kappa shape index (κ3) is 3.50. The number of halogens is 4. The first-order valence-electron chi connectivity index (χ1n) is 5.47. The van der Waals surface area contributed by atoms with E-state index < -0.39 is 11.9 Å². The molecule has 0 bridgehead atoms. The van der Waals surface area contributed by atoms with E-state index in [0.717, 1.165) is 17.8 Å². The Balaban J connectivity index is 2.42. The van der Waals surface area contributed by atoms with Crippen molar-refractivity contribution in [2.75, 3.05) is 0 Å². The van der Waals surface area contributed by atoms with E-state index >= 15 is 0 Å². The van der Waals surface area contributed by atoms with E-state index in [1.807, 2.05) is 0 Å². The molecule has 0 saturated heterocycles. The van der Waals surface area contributed by atoms with Crippen LogP contribution >= 0.6 is 27.7 Å². The zero-order chi connectivity index (χ0) is 14.8. The van der Waals surface area contributed by atoms with Crippen molar-refractivity contribution in [1.29, 1.82) is 0 Å². The maximum absolute atomic E-state index is 12.7. The first kappa shape index (κ1) is 15.3. The molecule has 2 rings (SSSR count). The van der Waals surface area contributed by atoms with Gasteiger partial charge in [0.25, 0.3) is 0 Å². The highest BCUT2D eigenvalue weighted by Gasteiger charge is 2.33. The van der Waals surface area contributed by atoms with Gasteiger partial charge in [-0.1, -0.05) is 6.07 Å². The SMILES string of the molecule is NCc1ccc(C(F)(F)F)nc1Sc1ncccc1Br. The molecule has 0 atom stereocenters. The third-order valence-electron chi connectivity index (χ3n) is 2.37. The summed E-state index contributed by atoms with van der Waals surface area (Å²) in [6.07, 6.45) is -2.92. The van der Waals surface area contributed by atoms with Gasteiger partial charge in [0.05, 0.1) is 4.47 Å². The van der Waals surface area contributed by atoms with Gasteiger partial charge in [-0.15, -0.1) is 0 Å². The fourth-order valence-corrected chi connectivity index (χ4v) is 2.80. The summed E-state index contributed by atoms with van der Waals surface area (Å²) in [4.78, 5) is 7.74. The molecule has 8 heteroatoms. The van der Waals surface area contributed by atoms with Crippen molar-refractivity contribution in [3.63, 3.8) is 0 Å². The first-order chi connectivity index (χ1) is 9.41. The van der Waals surface area contributed by atoms with Crippen LogP contribution in [0.1, 0.15) is 11.3 Å². The molecule has 20 heavy (non-hydrogen) atoms. The Hall–Kier alpha value is -1.12. The fourth-order valence-electron chi connectivity index (χ4n) is 1.41. The van der Waals surface area contributed by atoms with Crippen LogP contribution in [0, 0.1) is 0 Å². The summed E-state index contributed by atoms with van der Waals surface area (Å²) in [7, 11) is 0. The largest absolute Gasteiger partial charge is 0.433 e. The van der Waals surface area contributed by atoms with E-state index in [4.69, 9.17) is 5.73 Å². The summed E-state index contributed by atoms with van der Waals surface area (Å²) in [5.41, 5.74) is 5.14. The lowest BCUT2D eigenvalue weighted by Gasteiger charge is -2.11. The van der Waals surface area contributed by atoms with Crippen LogP contribution in [0.25, 0.3) is 0 Å². The number of rotatable bonds is 3. The van der Waals surface area contributed by atoms with Crippen molar-refractivity contribution in [3.8, 4) is 0 Å². The summed E-state index contributed by atoms with van der Waals surface area (Å²) < 4.78 is 38.8. The molecule has 2 heterocycles. The van der Waals surface area contributed by atoms with E-state index in [1.54, 1.807) is 18.3 Å². The number of aromatic nitrogens is 2. The molecule has 0 aromatic carbocycles. The van der Waals surface area contributed by atoms with Crippen molar-refractivity contribution in [2.45, 2.75) is 22.8 Å². The van der Waals surface area contributed by atoms with Crippen molar-refractivity contribution in [3.05, 3.63) is 46.2 Å². The maximum atomic E-state index is 12.7. The Morgan fingerprint density at radius 2 is 1.95 bits per heavy atom. The van der Waals surface area contributed by atoms with Gasteiger partial charge in [0, 0.05) is 12.7 Å². The van der Waals surface area contributed by atoms with Crippen LogP contribution in [0.2, 0.25) is 0 Å². The van der Waals surface area contributed by atoms with Gasteiger partial charge in [-0.2, -0.15) is 13.2 Å². The third-order valence-corrected chi connectivity index (χ3v) is 4.34. The quantitative estimate of drug-likeness (QED) is 0.899. The molecule has 0 aliphatic heterocycles. The van der Waals surface area contributed by atoms with Crippen molar-refractivity contribution >= 4 is 27.7 Å². The number of hydrogen-bond donors (Lipinski definition) is 1. The summed E-state index contributed by atoms with van der Waals surface area (Å²) in [6.45, 7) is 0.109. The molecular weight excluding hydrogens is 355 g/mol. The minimum Gasteiger partial charge on any atom is -0.326 e. The van der Waals surface area contributed by atoms with Gasteiger partial charge in [-0.05, 0) is 51.5 Å². The fraction of sp³-hybridized carbons (Fsp3) is 0.167. The lowest BCUT2D eigenvalue weighted by molar-refractivity contribution is -0.141. The molecule has 3 nitrogen and oxygen atoms in total. The Labute approximate surface area is 125 Å². The molecular formula is C12H9BrF3N3S. The van der Waals surface area contributed by atoms with E-state index in [-0.39, 0.29) is 11.6 Å². The van der Waals surface area contributed by atoms with Crippen LogP contribution in [0.15, 0.2) is 45.0 Å². The molecule has 0 saturated carbocycles. The Kier molecular flexibility index (Phi) is 4.66. The minimum atomic E-state index is -4.48. The zero-order valence-corrected chi connectivity index (χ0v) is 12.4. The van der Waals surface area contributed by atoms with Gasteiger partial charge in [-0.3, -0.25) is 0 Å². The molecule has 2 aromatic heterocycles. The second-order valence-electron chi connectivity index (χ2n) is 3.76. The Morgan fingerprint density at radius 3 is 2.55 bits per heavy atom. The predicted molar refractivity (Wildman–Crippen MR) is 73.2 cm³/mol. The zero-order valence-electron chi connectivity index (χ0n) is 9.99. The second-order valence-corrected chi connectivity index (χ2v) is 5.59. The highest BCUT2D eigenvalue weighted by Crippen LogP contribution is 2.35. The maximum Gasteiger partial charge on any atom is 0.433 e. The van der Waals surface area contributed by atoms with Crippen LogP contribution in [0.4, 0.5) is 13.2 Å². The molecule has 106 valence electrons. The average Bonchev–Trinajstić information content (AvgIpc) is 2.40. The van der Waals surface area contributed by atoms with Crippen LogP contribution in [0.5, 0.6) is 0 Å². The Bertz CT molecular complexity index is 619. The van der Waals surface area contributed by atoms with E-state index in [2.05, 4.69) is 25.9 Å². The van der Waals surface area contributed by atoms with Crippen molar-refractivity contribution < 1.29 is 13.2 Å². The highest BCUT2D eigenvalue weighted by molar-refractivity contribution is 9.10. The normalized spacial score (nSPS) is 11.7. The van der Waals surface area contributed by atoms with Gasteiger partial charge in [-0.25, -0.2) is 9.97 Å². The number of alkyl halides is 3. The minimum absolute atomic E-state index is 0.109. The number of hydrogen-bond acceptors (Lipinski definition) is 4. The van der Waals surface area contributed by atoms with Crippen LogP contribution in [-0.4, -0.2) is 9.97 Å². The van der Waals surface area contributed by atoms with Gasteiger partial charge in [0.1, 0.15) is 15.7 Å². The van der Waals surface area contributed by atoms with E-state index in [9.17, 15) is 13.2 Å². The van der Waals surface area contributed by atoms with E-state index in [0.29, 0.717) is 15.1 Å². The predicted octanol–water partition coefficient (Wildman–Crippen LogP) is 3.87. The molecule has 0 aliphatic carbocycles. The summed E-state index contributed by atoms with van der Waals surface area (Å²) in [5, 5.41) is 0.746. The molecule has 0 radical (unpaired) electrons. The van der Waals surface area contributed by atoms with Gasteiger partial charge < -0.3 is 5.73 Å². The summed E-state index contributed by atoms with van der Waals surface area (Å²) in [6, 6.07) is 5.75. The van der Waals surface area contributed by atoms with E-state index in [1.165, 1.54) is 6.07 Å². The lowest BCUT2D eigenvalue weighted by Crippen LogP contribution is -2.10. The monoisotopic (exact) mass is 363 g/mol. The molecule has 0 unspecified atom stereocenters. The standard InChI is InChI=1S/C12H9BrF3N3S/c13-8-2-1-5-18-11(8)20-10-7(6-17)3-4-9(19-10)12(14,15)16/h1-5H,6,17H2. The number of nitrogens with zero attached hydrogens (tertiary/aromatic N) is 2. The van der Waals surface area contributed by atoms with Crippen LogP contribution in [0.3, 0.4) is 0 Å². The van der Waals surface area contributed by atoms with Gasteiger partial charge in [0.15, 0.2) is 0 Å². The lowest BCUT2D eigenvalue weighted by atomic mass is 10.2. The molecule has 0 spiro atoms. The first-order valence-corrected chi connectivity index (χ1v) is 7.08. The topological polar surface area (TPSA) is 51.8 Å². The smallest absolute Gasteiger partial charge is 0.326 e. The molecule has 2 N–H and O–H groups in total. The summed E-state index contributed by atoms with van der Waals surface area (Å²) in [5.74, 6) is 0. The number of pyridine rings is 2. The molecule has 0 aliphatic rings. The molecule has 0 fully saturated rings. The molecule has 2 aromatic rings. The highest BCUT2D eigenvalue weighted by atomic mass is 79.9. The molecule has 0 amide bonds. The second kappa shape index (κ2) is 6.11. The summed E-state index contributed by atoms with van der Waals surface area (Å²) >= 11 is 4.34.